The van der Waals surface area contributed by atoms with Crippen LogP contribution in [0.3, 0.4) is 0 Å². The van der Waals surface area contributed by atoms with Gasteiger partial charge in [-0.2, -0.15) is 0 Å². The zero-order chi connectivity index (χ0) is 14.0. The van der Waals surface area contributed by atoms with Crippen molar-refractivity contribution in [3.05, 3.63) is 47.3 Å². The van der Waals surface area contributed by atoms with Gasteiger partial charge in [-0.3, -0.25) is 5.32 Å². The molecule has 0 aliphatic carbocycles. The molecule has 0 fully saturated rings. The molecule has 0 aromatic heterocycles. The molecule has 0 unspecified atom stereocenters. The maximum absolute atomic E-state index is 13.7. The summed E-state index contributed by atoms with van der Waals surface area (Å²) >= 11 is 0. The second-order valence-corrected chi connectivity index (χ2v) is 6.88. The van der Waals surface area contributed by atoms with Gasteiger partial charge in [0.1, 0.15) is 5.82 Å². The van der Waals surface area contributed by atoms with Gasteiger partial charge in [0, 0.05) is 18.2 Å². The van der Waals surface area contributed by atoms with E-state index in [1.807, 2.05) is 19.1 Å². The molecule has 0 atom stereocenters. The zero-order valence-electron chi connectivity index (χ0n) is 10.9. The molecule has 2 aromatic carbocycles. The molecule has 19 heavy (non-hydrogen) atoms. The van der Waals surface area contributed by atoms with Crippen LogP contribution >= 0.6 is 0 Å². The zero-order valence-corrected chi connectivity index (χ0v) is 11.7. The Morgan fingerprint density at radius 2 is 1.95 bits per heavy atom. The highest BCUT2D eigenvalue weighted by atomic mass is 32.2. The third kappa shape index (κ3) is 3.52. The third-order valence-corrected chi connectivity index (χ3v) is 3.63. The van der Waals surface area contributed by atoms with Crippen LogP contribution in [0.1, 0.15) is 11.1 Å². The lowest BCUT2D eigenvalue weighted by Crippen LogP contribution is -2.21. The van der Waals surface area contributed by atoms with Crippen LogP contribution in [0.2, 0.25) is 0 Å². The van der Waals surface area contributed by atoms with Gasteiger partial charge in [0.15, 0.2) is 9.84 Å². The van der Waals surface area contributed by atoms with Gasteiger partial charge >= 0.3 is 0 Å². The Bertz CT molecular complexity index is 711. The lowest BCUT2D eigenvalue weighted by Gasteiger charge is -2.09. The first kappa shape index (κ1) is 14.0. The SMILES string of the molecule is Cc1cc(CNCS(C)(=O)=O)cc2c(F)cccc12. The Morgan fingerprint density at radius 3 is 2.63 bits per heavy atom. The summed E-state index contributed by atoms with van der Waals surface area (Å²) in [6.07, 6.45) is 1.17. The molecule has 0 saturated carbocycles. The van der Waals surface area contributed by atoms with Gasteiger partial charge in [-0.1, -0.05) is 18.2 Å². The van der Waals surface area contributed by atoms with E-state index in [0.29, 0.717) is 11.9 Å². The van der Waals surface area contributed by atoms with E-state index in [-0.39, 0.29) is 11.7 Å². The van der Waals surface area contributed by atoms with Gasteiger partial charge in [0.05, 0.1) is 5.88 Å². The van der Waals surface area contributed by atoms with E-state index >= 15 is 0 Å². The summed E-state index contributed by atoms with van der Waals surface area (Å²) in [6, 6.07) is 8.69. The normalized spacial score (nSPS) is 11.9. The number of hydrogen-bond donors (Lipinski definition) is 1. The van der Waals surface area contributed by atoms with Crippen LogP contribution in [-0.2, 0) is 16.4 Å². The molecule has 5 heteroatoms. The summed E-state index contributed by atoms with van der Waals surface area (Å²) in [5.74, 6) is -0.341. The van der Waals surface area contributed by atoms with Crippen LogP contribution in [-0.4, -0.2) is 20.6 Å². The molecule has 1 N–H and O–H groups in total. The summed E-state index contributed by atoms with van der Waals surface area (Å²) in [6.45, 7) is 2.32. The predicted octanol–water partition coefficient (Wildman–Crippen LogP) is 2.38. The lowest BCUT2D eigenvalue weighted by molar-refractivity contribution is 0.592. The van der Waals surface area contributed by atoms with E-state index in [1.54, 1.807) is 12.1 Å². The molecule has 0 aliphatic rings. The molecule has 0 radical (unpaired) electrons. The van der Waals surface area contributed by atoms with Crippen LogP contribution < -0.4 is 5.32 Å². The Morgan fingerprint density at radius 1 is 1.21 bits per heavy atom. The number of aryl methyl sites for hydroxylation is 1. The van der Waals surface area contributed by atoms with Crippen LogP contribution in [0.15, 0.2) is 30.3 Å². The highest BCUT2D eigenvalue weighted by Crippen LogP contribution is 2.23. The van der Waals surface area contributed by atoms with Gasteiger partial charge in [0.2, 0.25) is 0 Å². The number of fused-ring (bicyclic) bond motifs is 1. The highest BCUT2D eigenvalue weighted by Gasteiger charge is 2.06. The lowest BCUT2D eigenvalue weighted by atomic mass is 10.0. The number of nitrogens with one attached hydrogen (secondary N) is 1. The molecular formula is C14H16FNO2S. The molecule has 0 amide bonds. The van der Waals surface area contributed by atoms with Crippen LogP contribution in [0.25, 0.3) is 10.8 Å². The molecule has 0 heterocycles. The molecule has 0 spiro atoms. The van der Waals surface area contributed by atoms with E-state index in [4.69, 9.17) is 0 Å². The van der Waals surface area contributed by atoms with E-state index in [9.17, 15) is 12.8 Å². The smallest absolute Gasteiger partial charge is 0.160 e. The van der Waals surface area contributed by atoms with Gasteiger partial charge in [-0.25, -0.2) is 12.8 Å². The largest absolute Gasteiger partial charge is 0.300 e. The Labute approximate surface area is 112 Å². The topological polar surface area (TPSA) is 46.2 Å². The summed E-state index contributed by atoms with van der Waals surface area (Å²) in [5.41, 5.74) is 1.85. The fraction of sp³-hybridized carbons (Fsp3) is 0.286. The van der Waals surface area contributed by atoms with Gasteiger partial charge in [0.25, 0.3) is 0 Å². The maximum Gasteiger partial charge on any atom is 0.160 e. The first-order valence-electron chi connectivity index (χ1n) is 5.93. The number of hydrogen-bond acceptors (Lipinski definition) is 3. The summed E-state index contributed by atoms with van der Waals surface area (Å²) < 4.78 is 35.8. The first-order valence-corrected chi connectivity index (χ1v) is 7.99. The Kier molecular flexibility index (Phi) is 3.87. The molecule has 0 bridgehead atoms. The predicted molar refractivity (Wildman–Crippen MR) is 75.2 cm³/mol. The van der Waals surface area contributed by atoms with E-state index < -0.39 is 9.84 Å². The van der Waals surface area contributed by atoms with Gasteiger partial charge in [-0.15, -0.1) is 0 Å². The fourth-order valence-corrected chi connectivity index (χ4v) is 2.57. The van der Waals surface area contributed by atoms with Crippen molar-refractivity contribution in [1.82, 2.24) is 5.32 Å². The molecule has 0 aliphatic heterocycles. The van der Waals surface area contributed by atoms with Gasteiger partial charge < -0.3 is 0 Å². The van der Waals surface area contributed by atoms with Crippen molar-refractivity contribution in [2.45, 2.75) is 13.5 Å². The molecule has 102 valence electrons. The number of sulfone groups is 1. The first-order chi connectivity index (χ1) is 8.87. The van der Waals surface area contributed by atoms with Crippen LogP contribution in [0.4, 0.5) is 4.39 Å². The van der Waals surface area contributed by atoms with E-state index in [2.05, 4.69) is 5.32 Å². The Balaban J connectivity index is 2.28. The number of halogens is 1. The third-order valence-electron chi connectivity index (χ3n) is 2.90. The van der Waals surface area contributed by atoms with Crippen molar-refractivity contribution < 1.29 is 12.8 Å². The fourth-order valence-electron chi connectivity index (χ4n) is 2.09. The van der Waals surface area contributed by atoms with Crippen LogP contribution in [0.5, 0.6) is 0 Å². The highest BCUT2D eigenvalue weighted by molar-refractivity contribution is 7.90. The van der Waals surface area contributed by atoms with Gasteiger partial charge in [-0.05, 0) is 35.6 Å². The molecular weight excluding hydrogens is 265 g/mol. The van der Waals surface area contributed by atoms with Crippen molar-refractivity contribution in [2.75, 3.05) is 12.1 Å². The molecule has 3 nitrogen and oxygen atoms in total. The standard InChI is InChI=1S/C14H16FNO2S/c1-10-6-11(8-16-9-19(2,17)18)7-13-12(10)4-3-5-14(13)15/h3-7,16H,8-9H2,1-2H3. The second kappa shape index (κ2) is 5.27. The van der Waals surface area contributed by atoms with Crippen molar-refractivity contribution in [1.29, 1.82) is 0 Å². The minimum atomic E-state index is -3.04. The number of benzene rings is 2. The average Bonchev–Trinajstić information content (AvgIpc) is 2.29. The van der Waals surface area contributed by atoms with Crippen LogP contribution in [0, 0.1) is 12.7 Å². The maximum atomic E-state index is 13.7. The monoisotopic (exact) mass is 281 g/mol. The van der Waals surface area contributed by atoms with Crippen molar-refractivity contribution in [3.63, 3.8) is 0 Å². The van der Waals surface area contributed by atoms with Crippen molar-refractivity contribution in [2.24, 2.45) is 0 Å². The second-order valence-electron chi connectivity index (χ2n) is 4.74. The summed E-state index contributed by atoms with van der Waals surface area (Å²) in [7, 11) is -3.04. The number of rotatable bonds is 4. The van der Waals surface area contributed by atoms with Crippen molar-refractivity contribution >= 4 is 20.6 Å². The van der Waals surface area contributed by atoms with Crippen molar-refractivity contribution in [3.8, 4) is 0 Å². The summed E-state index contributed by atoms with van der Waals surface area (Å²) in [4.78, 5) is 0. The van der Waals surface area contributed by atoms with E-state index in [1.165, 1.54) is 12.3 Å². The molecule has 0 saturated heterocycles. The minimum absolute atomic E-state index is 0.0820. The minimum Gasteiger partial charge on any atom is -0.300 e. The average molecular weight is 281 g/mol. The molecule has 2 rings (SSSR count). The quantitative estimate of drug-likeness (QED) is 0.936. The van der Waals surface area contributed by atoms with E-state index in [0.717, 1.165) is 16.5 Å². The Hall–Kier alpha value is -1.46. The molecule has 2 aromatic rings. The summed E-state index contributed by atoms with van der Waals surface area (Å²) in [5, 5.41) is 4.29.